The SMILES string of the molecule is C.C=C/C=C(\C=C/C)CC=C.CC. The maximum Gasteiger partial charge on any atom is -0.0100 e. The zero-order valence-corrected chi connectivity index (χ0v) is 8.51. The van der Waals surface area contributed by atoms with Crippen LogP contribution < -0.4 is 0 Å². The molecule has 0 nitrogen and oxygen atoms in total. The van der Waals surface area contributed by atoms with Gasteiger partial charge in [0.1, 0.15) is 0 Å². The van der Waals surface area contributed by atoms with Gasteiger partial charge >= 0.3 is 0 Å². The van der Waals surface area contributed by atoms with Crippen molar-refractivity contribution in [2.45, 2.75) is 34.6 Å². The van der Waals surface area contributed by atoms with Gasteiger partial charge in [0.2, 0.25) is 0 Å². The molecule has 0 N–H and O–H groups in total. The fraction of sp³-hybridized carbons (Fsp3) is 0.385. The highest BCUT2D eigenvalue weighted by molar-refractivity contribution is 5.24. The quantitative estimate of drug-likeness (QED) is 0.426. The van der Waals surface area contributed by atoms with Crippen molar-refractivity contribution < 1.29 is 0 Å². The molecule has 0 aliphatic rings. The third-order valence-corrected chi connectivity index (χ3v) is 1.09. The van der Waals surface area contributed by atoms with E-state index >= 15 is 0 Å². The minimum atomic E-state index is 0. The van der Waals surface area contributed by atoms with E-state index in [4.69, 9.17) is 0 Å². The lowest BCUT2D eigenvalue weighted by Gasteiger charge is -1.92. The molecule has 0 fully saturated rings. The molecular weight excluding hydrogens is 156 g/mol. The van der Waals surface area contributed by atoms with Gasteiger partial charge < -0.3 is 0 Å². The summed E-state index contributed by atoms with van der Waals surface area (Å²) >= 11 is 0. The van der Waals surface area contributed by atoms with Crippen LogP contribution in [0.2, 0.25) is 0 Å². The first-order chi connectivity index (χ1) is 5.85. The van der Waals surface area contributed by atoms with Gasteiger partial charge in [0.05, 0.1) is 0 Å². The molecule has 0 aromatic heterocycles. The molecule has 0 bridgehead atoms. The molecule has 0 radical (unpaired) electrons. The summed E-state index contributed by atoms with van der Waals surface area (Å²) in [5.41, 5.74) is 1.24. The van der Waals surface area contributed by atoms with Crippen molar-refractivity contribution in [1.29, 1.82) is 0 Å². The van der Waals surface area contributed by atoms with Crippen LogP contribution in [0.25, 0.3) is 0 Å². The number of allylic oxidation sites excluding steroid dienone is 6. The Balaban J connectivity index is -0.000000309. The molecule has 0 saturated carbocycles. The fourth-order valence-electron chi connectivity index (χ4n) is 0.724. The van der Waals surface area contributed by atoms with E-state index in [-0.39, 0.29) is 7.43 Å². The van der Waals surface area contributed by atoms with Crippen LogP contribution in [0.15, 0.2) is 49.1 Å². The Kier molecular flexibility index (Phi) is 23.6. The molecular formula is C13H24. The largest absolute Gasteiger partial charge is 0.103 e. The van der Waals surface area contributed by atoms with Crippen molar-refractivity contribution >= 4 is 0 Å². The summed E-state index contributed by atoms with van der Waals surface area (Å²) in [6, 6.07) is 0. The minimum Gasteiger partial charge on any atom is -0.103 e. The number of hydrogen-bond donors (Lipinski definition) is 0. The van der Waals surface area contributed by atoms with Gasteiger partial charge in [-0.05, 0) is 18.9 Å². The molecule has 0 aliphatic carbocycles. The third kappa shape index (κ3) is 13.9. The average molecular weight is 180 g/mol. The van der Waals surface area contributed by atoms with Crippen molar-refractivity contribution in [2.75, 3.05) is 0 Å². The molecule has 76 valence electrons. The van der Waals surface area contributed by atoms with E-state index in [2.05, 4.69) is 19.2 Å². The minimum absolute atomic E-state index is 0. The molecule has 0 unspecified atom stereocenters. The third-order valence-electron chi connectivity index (χ3n) is 1.09. The Bertz CT molecular complexity index is 159. The van der Waals surface area contributed by atoms with Crippen LogP contribution in [0.1, 0.15) is 34.6 Å². The van der Waals surface area contributed by atoms with E-state index in [0.717, 1.165) is 6.42 Å². The van der Waals surface area contributed by atoms with Crippen molar-refractivity contribution in [3.05, 3.63) is 49.1 Å². The van der Waals surface area contributed by atoms with Gasteiger partial charge in [-0.2, -0.15) is 0 Å². The summed E-state index contributed by atoms with van der Waals surface area (Å²) < 4.78 is 0. The van der Waals surface area contributed by atoms with E-state index in [0.29, 0.717) is 0 Å². The molecule has 0 saturated heterocycles. The molecule has 0 rings (SSSR count). The molecule has 0 aromatic carbocycles. The Morgan fingerprint density at radius 3 is 2.08 bits per heavy atom. The Labute approximate surface area is 84.4 Å². The predicted molar refractivity (Wildman–Crippen MR) is 66.0 cm³/mol. The summed E-state index contributed by atoms with van der Waals surface area (Å²) in [5.74, 6) is 0. The first kappa shape index (κ1) is 17.9. The van der Waals surface area contributed by atoms with Gasteiger partial charge in [-0.3, -0.25) is 0 Å². The lowest BCUT2D eigenvalue weighted by Crippen LogP contribution is -1.72. The molecule has 0 amide bonds. The van der Waals surface area contributed by atoms with Gasteiger partial charge in [-0.1, -0.05) is 58.2 Å². The van der Waals surface area contributed by atoms with Crippen molar-refractivity contribution in [2.24, 2.45) is 0 Å². The summed E-state index contributed by atoms with van der Waals surface area (Å²) in [7, 11) is 0. The first-order valence-corrected chi connectivity index (χ1v) is 4.40. The van der Waals surface area contributed by atoms with Crippen LogP contribution in [0.3, 0.4) is 0 Å². The van der Waals surface area contributed by atoms with E-state index in [1.807, 2.05) is 39.0 Å². The van der Waals surface area contributed by atoms with Crippen LogP contribution in [-0.4, -0.2) is 0 Å². The van der Waals surface area contributed by atoms with Gasteiger partial charge in [-0.25, -0.2) is 0 Å². The molecule has 0 heterocycles. The van der Waals surface area contributed by atoms with Crippen LogP contribution in [0.5, 0.6) is 0 Å². The van der Waals surface area contributed by atoms with Crippen molar-refractivity contribution in [3.63, 3.8) is 0 Å². The highest BCUT2D eigenvalue weighted by Crippen LogP contribution is 2.03. The smallest absolute Gasteiger partial charge is 0.0100 e. The van der Waals surface area contributed by atoms with Gasteiger partial charge in [0.15, 0.2) is 0 Å². The Hall–Kier alpha value is -1.04. The molecule has 0 atom stereocenters. The van der Waals surface area contributed by atoms with Crippen molar-refractivity contribution in [3.8, 4) is 0 Å². The summed E-state index contributed by atoms with van der Waals surface area (Å²) in [5, 5.41) is 0. The predicted octanol–water partition coefficient (Wildman–Crippen LogP) is 4.91. The van der Waals surface area contributed by atoms with Gasteiger partial charge in [0, 0.05) is 0 Å². The van der Waals surface area contributed by atoms with Gasteiger partial charge in [-0.15, -0.1) is 6.58 Å². The van der Waals surface area contributed by atoms with Crippen LogP contribution in [0.4, 0.5) is 0 Å². The molecule has 0 spiro atoms. The maximum absolute atomic E-state index is 3.66. The summed E-state index contributed by atoms with van der Waals surface area (Å²) in [4.78, 5) is 0. The normalized spacial score (nSPS) is 9.62. The lowest BCUT2D eigenvalue weighted by atomic mass is 10.1. The molecule has 0 aromatic rings. The number of hydrogen-bond acceptors (Lipinski definition) is 0. The van der Waals surface area contributed by atoms with E-state index in [9.17, 15) is 0 Å². The van der Waals surface area contributed by atoms with Crippen molar-refractivity contribution in [1.82, 2.24) is 0 Å². The standard InChI is InChI=1S/C10H14.C2H6.CH4/c1-4-7-10(8-5-2)9-6-3;1-2;/h4-7,9H,1-2,8H2,3H3;1-2H3;1H4/b9-6-,10-7-;;. The van der Waals surface area contributed by atoms with E-state index in [1.54, 1.807) is 6.08 Å². The Morgan fingerprint density at radius 2 is 1.77 bits per heavy atom. The topological polar surface area (TPSA) is 0 Å². The highest BCUT2D eigenvalue weighted by atomic mass is 13.9. The Morgan fingerprint density at radius 1 is 1.23 bits per heavy atom. The first-order valence-electron chi connectivity index (χ1n) is 4.40. The van der Waals surface area contributed by atoms with Gasteiger partial charge in [0.25, 0.3) is 0 Å². The molecule has 13 heavy (non-hydrogen) atoms. The highest BCUT2D eigenvalue weighted by Gasteiger charge is 1.83. The van der Waals surface area contributed by atoms with Crippen LogP contribution in [-0.2, 0) is 0 Å². The monoisotopic (exact) mass is 180 g/mol. The number of rotatable bonds is 4. The second-order valence-corrected chi connectivity index (χ2v) is 1.97. The fourth-order valence-corrected chi connectivity index (χ4v) is 0.724. The van der Waals surface area contributed by atoms with Crippen LogP contribution in [0, 0.1) is 0 Å². The summed E-state index contributed by atoms with van der Waals surface area (Å²) in [6.07, 6.45) is 10.6. The molecule has 0 aliphatic heterocycles. The van der Waals surface area contributed by atoms with Crippen LogP contribution >= 0.6 is 0 Å². The zero-order chi connectivity index (χ0) is 9.82. The molecule has 0 heteroatoms. The average Bonchev–Trinajstić information content (AvgIpc) is 2.10. The maximum atomic E-state index is 3.66. The van der Waals surface area contributed by atoms with E-state index in [1.165, 1.54) is 5.57 Å². The lowest BCUT2D eigenvalue weighted by molar-refractivity contribution is 1.29. The second-order valence-electron chi connectivity index (χ2n) is 1.97. The summed E-state index contributed by atoms with van der Waals surface area (Å²) in [6.45, 7) is 13.3. The second kappa shape index (κ2) is 17.2. The van der Waals surface area contributed by atoms with E-state index < -0.39 is 0 Å². The zero-order valence-electron chi connectivity index (χ0n) is 8.51.